The van der Waals surface area contributed by atoms with Gasteiger partial charge in [-0.2, -0.15) is 0 Å². The van der Waals surface area contributed by atoms with Crippen LogP contribution < -0.4 is 16.0 Å². The molecule has 212 valence electrons. The molecular formula is C27H35ClN4O7. The van der Waals surface area contributed by atoms with E-state index in [1.54, 1.807) is 6.92 Å². The highest BCUT2D eigenvalue weighted by atomic mass is 35.5. The Morgan fingerprint density at radius 1 is 1.15 bits per heavy atom. The standard InChI is InChI=1S/C27H35ClN4O7/c1-15(29-24(35)18-9-10-20(19(28)12-18)30-16(2)33)26(37)32-11-5-8-22(32)25(36)31-21-13-23(34)39-27(21)38-14-17-6-3-4-7-17/h9-10,12,15,17,21-22,27H,3-8,11,13-14H2,1-2H3,(H,29,35)(H,30,33)(H,31,36). The Hall–Kier alpha value is -3.18. The molecule has 0 aromatic heterocycles. The first-order chi connectivity index (χ1) is 18.6. The number of nitrogens with zero attached hydrogens (tertiary/aromatic N) is 1. The number of amides is 4. The van der Waals surface area contributed by atoms with Gasteiger partial charge in [0.25, 0.3) is 5.91 Å². The maximum absolute atomic E-state index is 13.2. The fourth-order valence-electron chi connectivity index (χ4n) is 5.33. The van der Waals surface area contributed by atoms with Gasteiger partial charge in [-0.15, -0.1) is 0 Å². The summed E-state index contributed by atoms with van der Waals surface area (Å²) in [5, 5.41) is 8.27. The van der Waals surface area contributed by atoms with Gasteiger partial charge in [-0.05, 0) is 56.7 Å². The molecule has 4 atom stereocenters. The number of anilines is 1. The first-order valence-electron chi connectivity index (χ1n) is 13.4. The molecule has 2 heterocycles. The molecule has 1 aromatic rings. The third-order valence-corrected chi connectivity index (χ3v) is 7.67. The normalized spacial score (nSPS) is 23.8. The van der Waals surface area contributed by atoms with E-state index in [2.05, 4.69) is 16.0 Å². The minimum absolute atomic E-state index is 0.0114. The Morgan fingerprint density at radius 3 is 2.59 bits per heavy atom. The molecule has 4 amide bonds. The smallest absolute Gasteiger partial charge is 0.310 e. The summed E-state index contributed by atoms with van der Waals surface area (Å²) in [7, 11) is 0. The van der Waals surface area contributed by atoms with Crippen LogP contribution in [0.3, 0.4) is 0 Å². The van der Waals surface area contributed by atoms with Crippen LogP contribution >= 0.6 is 11.6 Å². The van der Waals surface area contributed by atoms with Crippen LogP contribution in [0.5, 0.6) is 0 Å². The molecule has 0 spiro atoms. The molecule has 4 unspecified atom stereocenters. The fourth-order valence-corrected chi connectivity index (χ4v) is 5.56. The molecule has 11 nitrogen and oxygen atoms in total. The second kappa shape index (κ2) is 12.8. The maximum Gasteiger partial charge on any atom is 0.310 e. The van der Waals surface area contributed by atoms with Crippen molar-refractivity contribution in [1.82, 2.24) is 15.5 Å². The van der Waals surface area contributed by atoms with Gasteiger partial charge >= 0.3 is 5.97 Å². The number of benzene rings is 1. The molecule has 3 fully saturated rings. The number of carbonyl (C=O) groups is 5. The lowest BCUT2D eigenvalue weighted by Gasteiger charge is -2.28. The van der Waals surface area contributed by atoms with Crippen molar-refractivity contribution in [1.29, 1.82) is 0 Å². The summed E-state index contributed by atoms with van der Waals surface area (Å²) in [6, 6.07) is 2.15. The average Bonchev–Trinajstić information content (AvgIpc) is 3.64. The SMILES string of the molecule is CC(=O)Nc1ccc(C(=O)NC(C)C(=O)N2CCCC2C(=O)NC2CC(=O)OC2OCC2CCCC2)cc1Cl. The molecule has 1 aromatic carbocycles. The minimum Gasteiger partial charge on any atom is -0.433 e. The Morgan fingerprint density at radius 2 is 1.90 bits per heavy atom. The number of esters is 1. The number of hydrogen-bond acceptors (Lipinski definition) is 7. The summed E-state index contributed by atoms with van der Waals surface area (Å²) in [6.07, 6.45) is 4.78. The largest absolute Gasteiger partial charge is 0.433 e. The van der Waals surface area contributed by atoms with Crippen molar-refractivity contribution in [2.24, 2.45) is 5.92 Å². The average molecular weight is 563 g/mol. The van der Waals surface area contributed by atoms with Gasteiger partial charge < -0.3 is 30.3 Å². The van der Waals surface area contributed by atoms with Crippen molar-refractivity contribution < 1.29 is 33.4 Å². The lowest BCUT2D eigenvalue weighted by molar-refractivity contribution is -0.168. The van der Waals surface area contributed by atoms with E-state index in [4.69, 9.17) is 21.1 Å². The number of hydrogen-bond donors (Lipinski definition) is 3. The van der Waals surface area contributed by atoms with Gasteiger partial charge in [-0.1, -0.05) is 24.4 Å². The van der Waals surface area contributed by atoms with E-state index in [-0.39, 0.29) is 28.8 Å². The maximum atomic E-state index is 13.2. The Bertz CT molecular complexity index is 1120. The van der Waals surface area contributed by atoms with Crippen molar-refractivity contribution in [2.45, 2.75) is 83.2 Å². The quantitative estimate of drug-likeness (QED) is 0.392. The summed E-state index contributed by atoms with van der Waals surface area (Å²) in [5.41, 5.74) is 0.593. The van der Waals surface area contributed by atoms with Crippen molar-refractivity contribution >= 4 is 46.9 Å². The van der Waals surface area contributed by atoms with Crippen molar-refractivity contribution in [3.63, 3.8) is 0 Å². The predicted molar refractivity (Wildman–Crippen MR) is 142 cm³/mol. The van der Waals surface area contributed by atoms with E-state index in [0.29, 0.717) is 37.6 Å². The molecule has 4 rings (SSSR count). The second-order valence-electron chi connectivity index (χ2n) is 10.4. The molecule has 1 saturated carbocycles. The van der Waals surface area contributed by atoms with Crippen molar-refractivity contribution in [3.8, 4) is 0 Å². The number of cyclic esters (lactones) is 1. The zero-order chi connectivity index (χ0) is 28.1. The van der Waals surface area contributed by atoms with Gasteiger partial charge in [-0.25, -0.2) is 0 Å². The number of likely N-dealkylation sites (tertiary alicyclic amines) is 1. The highest BCUT2D eigenvalue weighted by molar-refractivity contribution is 6.34. The Kier molecular flexibility index (Phi) is 9.45. The van der Waals surface area contributed by atoms with Crippen molar-refractivity contribution in [3.05, 3.63) is 28.8 Å². The van der Waals surface area contributed by atoms with Gasteiger partial charge in [0.15, 0.2) is 0 Å². The van der Waals surface area contributed by atoms with Gasteiger partial charge in [0.2, 0.25) is 24.0 Å². The summed E-state index contributed by atoms with van der Waals surface area (Å²) in [5.74, 6) is -1.58. The van der Waals surface area contributed by atoms with Crippen LogP contribution in [0.1, 0.15) is 69.2 Å². The van der Waals surface area contributed by atoms with Crippen molar-refractivity contribution in [2.75, 3.05) is 18.5 Å². The molecule has 3 N–H and O–H groups in total. The molecule has 1 aliphatic carbocycles. The molecule has 2 aliphatic heterocycles. The molecule has 3 aliphatic rings. The van der Waals surface area contributed by atoms with Crippen LogP contribution in [-0.4, -0.2) is 72.1 Å². The highest BCUT2D eigenvalue weighted by Crippen LogP contribution is 2.27. The second-order valence-corrected chi connectivity index (χ2v) is 10.8. The fraction of sp³-hybridized carbons (Fsp3) is 0.593. The van der Waals surface area contributed by atoms with Gasteiger partial charge in [-0.3, -0.25) is 24.0 Å². The molecule has 0 bridgehead atoms. The number of carbonyl (C=O) groups excluding carboxylic acids is 5. The third kappa shape index (κ3) is 7.27. The van der Waals surface area contributed by atoms with Crippen LogP contribution in [0.4, 0.5) is 5.69 Å². The van der Waals surface area contributed by atoms with E-state index in [1.165, 1.54) is 42.9 Å². The summed E-state index contributed by atoms with van der Waals surface area (Å²) < 4.78 is 11.1. The minimum atomic E-state index is -0.904. The van der Waals surface area contributed by atoms with E-state index >= 15 is 0 Å². The predicted octanol–water partition coefficient (Wildman–Crippen LogP) is 2.37. The lowest BCUT2D eigenvalue weighted by atomic mass is 10.1. The van der Waals surface area contributed by atoms with Crippen LogP contribution in [0.25, 0.3) is 0 Å². The Labute approximate surface area is 232 Å². The summed E-state index contributed by atoms with van der Waals surface area (Å²) >= 11 is 6.16. The molecule has 2 saturated heterocycles. The molecule has 39 heavy (non-hydrogen) atoms. The monoisotopic (exact) mass is 562 g/mol. The van der Waals surface area contributed by atoms with E-state index in [9.17, 15) is 24.0 Å². The number of ether oxygens (including phenoxy) is 2. The van der Waals surface area contributed by atoms with Crippen LogP contribution in [0, 0.1) is 5.92 Å². The molecular weight excluding hydrogens is 528 g/mol. The number of rotatable bonds is 9. The molecule has 0 radical (unpaired) electrons. The third-order valence-electron chi connectivity index (χ3n) is 7.36. The van der Waals surface area contributed by atoms with E-state index in [1.807, 2.05) is 0 Å². The van der Waals surface area contributed by atoms with Crippen LogP contribution in [0.2, 0.25) is 5.02 Å². The van der Waals surface area contributed by atoms with Gasteiger partial charge in [0, 0.05) is 19.0 Å². The highest BCUT2D eigenvalue weighted by Gasteiger charge is 2.41. The summed E-state index contributed by atoms with van der Waals surface area (Å²) in [4.78, 5) is 63.8. The summed E-state index contributed by atoms with van der Waals surface area (Å²) in [6.45, 7) is 3.75. The molecule has 12 heteroatoms. The lowest BCUT2D eigenvalue weighted by Crippen LogP contribution is -2.54. The van der Waals surface area contributed by atoms with E-state index in [0.717, 1.165) is 12.8 Å². The van der Waals surface area contributed by atoms with Gasteiger partial charge in [0.1, 0.15) is 18.1 Å². The topological polar surface area (TPSA) is 143 Å². The Balaban J connectivity index is 1.32. The number of nitrogens with one attached hydrogen (secondary N) is 3. The first kappa shape index (κ1) is 28.8. The van der Waals surface area contributed by atoms with Gasteiger partial charge in [0.05, 0.1) is 23.7 Å². The first-order valence-corrected chi connectivity index (χ1v) is 13.8. The number of halogens is 1. The zero-order valence-corrected chi connectivity index (χ0v) is 22.9. The zero-order valence-electron chi connectivity index (χ0n) is 22.2. The van der Waals surface area contributed by atoms with Crippen LogP contribution in [0.15, 0.2) is 18.2 Å². The van der Waals surface area contributed by atoms with E-state index < -0.39 is 42.2 Å². The van der Waals surface area contributed by atoms with Crippen LogP contribution in [-0.2, 0) is 28.7 Å².